The highest BCUT2D eigenvalue weighted by atomic mass is 32.2. The molecule has 2 aliphatic rings. The van der Waals surface area contributed by atoms with E-state index in [0.717, 1.165) is 12.8 Å². The lowest BCUT2D eigenvalue weighted by atomic mass is 10.1. The molecule has 0 spiro atoms. The van der Waals surface area contributed by atoms with Crippen molar-refractivity contribution in [1.82, 2.24) is 4.31 Å². The highest BCUT2D eigenvalue weighted by Crippen LogP contribution is 2.35. The van der Waals surface area contributed by atoms with Gasteiger partial charge >= 0.3 is 0 Å². The predicted octanol–water partition coefficient (Wildman–Crippen LogP) is 2.13. The van der Waals surface area contributed by atoms with Crippen LogP contribution in [0.4, 0.5) is 0 Å². The van der Waals surface area contributed by atoms with Crippen LogP contribution in [0.3, 0.4) is 0 Å². The van der Waals surface area contributed by atoms with Crippen LogP contribution in [0.15, 0.2) is 24.3 Å². The van der Waals surface area contributed by atoms with E-state index in [1.165, 1.54) is 11.1 Å². The van der Waals surface area contributed by atoms with Crippen LogP contribution < -0.4 is 0 Å². The monoisotopic (exact) mass is 222 g/mol. The third-order valence-electron chi connectivity index (χ3n) is 3.17. The Bertz CT molecular complexity index is 466. The topological polar surface area (TPSA) is 44.2 Å². The minimum Gasteiger partial charge on any atom is -0.240 e. The average molecular weight is 222 g/mol. The smallest absolute Gasteiger partial charge is 0.111 e. The Morgan fingerprint density at radius 3 is 2.20 bits per heavy atom. The largest absolute Gasteiger partial charge is 0.240 e. The molecular formula is C11H14N2OS. The molecule has 1 saturated carbocycles. The van der Waals surface area contributed by atoms with Gasteiger partial charge in [0.1, 0.15) is 9.92 Å². The minimum absolute atomic E-state index is 0.131. The molecule has 0 bridgehead atoms. The molecule has 1 heterocycles. The van der Waals surface area contributed by atoms with Gasteiger partial charge in [-0.2, -0.15) is 0 Å². The quantitative estimate of drug-likeness (QED) is 0.818. The van der Waals surface area contributed by atoms with Gasteiger partial charge in [0, 0.05) is 13.1 Å². The number of hydrogen-bond acceptors (Lipinski definition) is 2. The number of rotatable bonds is 2. The second-order valence-electron chi connectivity index (χ2n) is 4.33. The first-order valence-corrected chi connectivity index (χ1v) is 6.85. The third kappa shape index (κ3) is 1.48. The fourth-order valence-corrected chi connectivity index (χ4v) is 3.95. The Hall–Kier alpha value is -0.870. The van der Waals surface area contributed by atoms with E-state index >= 15 is 0 Å². The predicted molar refractivity (Wildman–Crippen MR) is 59.6 cm³/mol. The van der Waals surface area contributed by atoms with Gasteiger partial charge in [0.15, 0.2) is 0 Å². The summed E-state index contributed by atoms with van der Waals surface area (Å²) in [4.78, 5) is 0. The molecule has 1 aromatic rings. The van der Waals surface area contributed by atoms with Crippen molar-refractivity contribution >= 4 is 9.92 Å². The maximum Gasteiger partial charge on any atom is 0.111 e. The molecule has 1 aliphatic carbocycles. The van der Waals surface area contributed by atoms with Gasteiger partial charge in [0.05, 0.1) is 5.25 Å². The van der Waals surface area contributed by atoms with E-state index in [1.54, 1.807) is 0 Å². The fourth-order valence-electron chi connectivity index (χ4n) is 2.09. The summed E-state index contributed by atoms with van der Waals surface area (Å²) in [5.41, 5.74) is 2.47. The van der Waals surface area contributed by atoms with Gasteiger partial charge in [-0.25, -0.2) is 13.3 Å². The summed E-state index contributed by atoms with van der Waals surface area (Å²) < 4.78 is 22.0. The second kappa shape index (κ2) is 3.06. The van der Waals surface area contributed by atoms with Crippen LogP contribution in [0.2, 0.25) is 0 Å². The van der Waals surface area contributed by atoms with Gasteiger partial charge in [-0.05, 0) is 24.0 Å². The van der Waals surface area contributed by atoms with E-state index < -0.39 is 9.92 Å². The normalized spacial score (nSPS) is 24.8. The Kier molecular flexibility index (Phi) is 1.91. The lowest BCUT2D eigenvalue weighted by Gasteiger charge is -2.17. The van der Waals surface area contributed by atoms with Crippen LogP contribution in [-0.4, -0.2) is 13.8 Å². The summed E-state index contributed by atoms with van der Waals surface area (Å²) >= 11 is 0. The van der Waals surface area contributed by atoms with Gasteiger partial charge in [0.2, 0.25) is 0 Å². The van der Waals surface area contributed by atoms with Crippen molar-refractivity contribution in [3.05, 3.63) is 35.4 Å². The second-order valence-corrected chi connectivity index (χ2v) is 6.66. The molecule has 0 amide bonds. The Morgan fingerprint density at radius 2 is 1.73 bits per heavy atom. The molecule has 0 saturated heterocycles. The number of nitrogens with one attached hydrogen (secondary N) is 1. The summed E-state index contributed by atoms with van der Waals surface area (Å²) in [6, 6.07) is 8.14. The molecule has 1 fully saturated rings. The molecule has 1 N–H and O–H groups in total. The van der Waals surface area contributed by atoms with E-state index in [1.807, 2.05) is 16.4 Å². The molecule has 1 atom stereocenters. The zero-order valence-electron chi connectivity index (χ0n) is 8.48. The highest BCUT2D eigenvalue weighted by Gasteiger charge is 2.38. The average Bonchev–Trinajstić information content (AvgIpc) is 2.97. The molecular weight excluding hydrogens is 208 g/mol. The van der Waals surface area contributed by atoms with E-state index in [9.17, 15) is 4.21 Å². The number of hydrogen-bond donors (Lipinski definition) is 1. The van der Waals surface area contributed by atoms with Crippen molar-refractivity contribution in [1.29, 1.82) is 4.78 Å². The molecule has 4 heteroatoms. The number of nitrogens with zero attached hydrogens (tertiary/aromatic N) is 1. The maximum atomic E-state index is 12.2. The summed E-state index contributed by atoms with van der Waals surface area (Å²) in [5, 5.41) is 0.131. The number of fused-ring (bicyclic) bond motifs is 1. The Balaban J connectivity index is 1.90. The fraction of sp³-hybridized carbons (Fsp3) is 0.455. The van der Waals surface area contributed by atoms with Crippen molar-refractivity contribution in [2.24, 2.45) is 0 Å². The summed E-state index contributed by atoms with van der Waals surface area (Å²) in [7, 11) is -2.50. The van der Waals surface area contributed by atoms with E-state index in [2.05, 4.69) is 12.1 Å². The minimum atomic E-state index is -2.50. The highest BCUT2D eigenvalue weighted by molar-refractivity contribution is 7.91. The molecule has 0 radical (unpaired) electrons. The SMILES string of the molecule is N=S(=O)(C1CC1)N1Cc2ccccc2C1. The first-order chi connectivity index (χ1) is 7.18. The zero-order chi connectivity index (χ0) is 10.5. The third-order valence-corrected chi connectivity index (χ3v) is 5.57. The molecule has 0 aromatic heterocycles. The maximum absolute atomic E-state index is 12.2. The lowest BCUT2D eigenvalue weighted by molar-refractivity contribution is 0.464. The van der Waals surface area contributed by atoms with Crippen LogP contribution >= 0.6 is 0 Å². The van der Waals surface area contributed by atoms with Crippen LogP contribution in [-0.2, 0) is 23.0 Å². The van der Waals surface area contributed by atoms with Gasteiger partial charge in [-0.1, -0.05) is 24.3 Å². The molecule has 1 aromatic carbocycles. The van der Waals surface area contributed by atoms with Crippen molar-refractivity contribution in [3.63, 3.8) is 0 Å². The molecule has 1 unspecified atom stereocenters. The molecule has 3 rings (SSSR count). The zero-order valence-corrected chi connectivity index (χ0v) is 9.30. The number of benzene rings is 1. The van der Waals surface area contributed by atoms with Gasteiger partial charge in [-0.3, -0.25) is 0 Å². The van der Waals surface area contributed by atoms with Crippen molar-refractivity contribution in [2.75, 3.05) is 0 Å². The summed E-state index contributed by atoms with van der Waals surface area (Å²) in [5.74, 6) is 0. The lowest BCUT2D eigenvalue weighted by Crippen LogP contribution is -2.27. The Morgan fingerprint density at radius 1 is 1.20 bits per heavy atom. The molecule has 3 nitrogen and oxygen atoms in total. The van der Waals surface area contributed by atoms with Crippen LogP contribution in [0.25, 0.3) is 0 Å². The van der Waals surface area contributed by atoms with Gasteiger partial charge in [-0.15, -0.1) is 0 Å². The first-order valence-electron chi connectivity index (χ1n) is 5.27. The Labute approximate surface area is 90.2 Å². The van der Waals surface area contributed by atoms with Crippen molar-refractivity contribution in [3.8, 4) is 0 Å². The molecule has 80 valence electrons. The van der Waals surface area contributed by atoms with Gasteiger partial charge in [0.25, 0.3) is 0 Å². The molecule has 15 heavy (non-hydrogen) atoms. The standard InChI is InChI=1S/C11H14N2OS/c12-15(14,11-5-6-11)13-7-9-3-1-2-4-10(9)8-13/h1-4,11-12H,5-8H2. The van der Waals surface area contributed by atoms with Crippen molar-refractivity contribution < 1.29 is 4.21 Å². The van der Waals surface area contributed by atoms with Crippen LogP contribution in [0, 0.1) is 4.78 Å². The van der Waals surface area contributed by atoms with Crippen LogP contribution in [0.5, 0.6) is 0 Å². The van der Waals surface area contributed by atoms with E-state index in [-0.39, 0.29) is 5.25 Å². The van der Waals surface area contributed by atoms with Crippen LogP contribution in [0.1, 0.15) is 24.0 Å². The molecule has 1 aliphatic heterocycles. The van der Waals surface area contributed by atoms with E-state index in [4.69, 9.17) is 4.78 Å². The summed E-state index contributed by atoms with van der Waals surface area (Å²) in [6.45, 7) is 1.38. The van der Waals surface area contributed by atoms with Crippen molar-refractivity contribution in [2.45, 2.75) is 31.2 Å². The summed E-state index contributed by atoms with van der Waals surface area (Å²) in [6.07, 6.45) is 1.93. The van der Waals surface area contributed by atoms with Gasteiger partial charge < -0.3 is 0 Å². The van der Waals surface area contributed by atoms with E-state index in [0.29, 0.717) is 13.1 Å². The first kappa shape index (κ1) is 9.36.